The van der Waals surface area contributed by atoms with E-state index in [-0.39, 0.29) is 33.8 Å². The third-order valence-electron chi connectivity index (χ3n) is 4.70. The highest BCUT2D eigenvalue weighted by Gasteiger charge is 2.22. The van der Waals surface area contributed by atoms with E-state index in [1.165, 1.54) is 30.3 Å². The monoisotopic (exact) mass is 446 g/mol. The minimum Gasteiger partial charge on any atom is -0.487 e. The summed E-state index contributed by atoms with van der Waals surface area (Å²) in [4.78, 5) is 29.4. The van der Waals surface area contributed by atoms with E-state index in [9.17, 15) is 14.0 Å². The number of halogens is 2. The zero-order valence-corrected chi connectivity index (χ0v) is 17.4. The second-order valence-corrected chi connectivity index (χ2v) is 7.20. The molecule has 2 aromatic carbocycles. The number of rotatable bonds is 5. The minimum atomic E-state index is -0.986. The molecule has 10 heteroatoms. The van der Waals surface area contributed by atoms with E-state index in [0.29, 0.717) is 25.9 Å². The Labute approximate surface area is 183 Å². The van der Waals surface area contributed by atoms with Crippen LogP contribution in [0.2, 0.25) is 5.02 Å². The average Bonchev–Trinajstić information content (AvgIpc) is 2.76. The number of benzene rings is 2. The van der Waals surface area contributed by atoms with E-state index in [0.717, 1.165) is 6.07 Å². The van der Waals surface area contributed by atoms with Crippen molar-refractivity contribution >= 4 is 34.8 Å². The molecular weight excluding hydrogens is 427 g/mol. The van der Waals surface area contributed by atoms with Crippen molar-refractivity contribution in [3.05, 3.63) is 52.8 Å². The molecule has 1 saturated heterocycles. The van der Waals surface area contributed by atoms with Crippen LogP contribution in [0.25, 0.3) is 0 Å². The van der Waals surface area contributed by atoms with Gasteiger partial charge in [0.05, 0.1) is 17.7 Å². The number of amides is 2. The first-order valence-corrected chi connectivity index (χ1v) is 9.84. The van der Waals surface area contributed by atoms with Crippen molar-refractivity contribution in [2.45, 2.75) is 18.9 Å². The molecule has 1 aliphatic heterocycles. The van der Waals surface area contributed by atoms with Crippen molar-refractivity contribution in [3.63, 3.8) is 0 Å². The van der Waals surface area contributed by atoms with Crippen LogP contribution in [0, 0.1) is 17.1 Å². The first-order chi connectivity index (χ1) is 14.9. The summed E-state index contributed by atoms with van der Waals surface area (Å²) in [5.74, 6) is -2.52. The van der Waals surface area contributed by atoms with Crippen LogP contribution in [0.4, 0.5) is 15.8 Å². The van der Waals surface area contributed by atoms with Gasteiger partial charge in [0.2, 0.25) is 0 Å². The van der Waals surface area contributed by atoms with E-state index >= 15 is 0 Å². The number of nitrogens with zero attached hydrogens (tertiary/aromatic N) is 2. The number of nitrogens with one attached hydrogen (secondary N) is 2. The van der Waals surface area contributed by atoms with Crippen LogP contribution in [0.5, 0.6) is 5.75 Å². The number of nitriles is 1. The smallest absolute Gasteiger partial charge is 0.314 e. The van der Waals surface area contributed by atoms with E-state index in [1.54, 1.807) is 7.11 Å². The molecule has 0 saturated carbocycles. The molecule has 1 fully saturated rings. The molecule has 162 valence electrons. The summed E-state index contributed by atoms with van der Waals surface area (Å²) in [5.41, 5.74) is 0.599. The second-order valence-electron chi connectivity index (χ2n) is 6.79. The Morgan fingerprint density at radius 3 is 2.29 bits per heavy atom. The van der Waals surface area contributed by atoms with Crippen LogP contribution >= 0.6 is 11.6 Å². The second kappa shape index (κ2) is 10.2. The molecule has 2 amide bonds. The third kappa shape index (κ3) is 5.92. The molecule has 0 unspecified atom stereocenters. The van der Waals surface area contributed by atoms with Crippen molar-refractivity contribution in [2.24, 2.45) is 0 Å². The molecule has 3 rings (SSSR count). The molecule has 0 radical (unpaired) electrons. The Bertz CT molecular complexity index is 1020. The predicted molar refractivity (Wildman–Crippen MR) is 112 cm³/mol. The lowest BCUT2D eigenvalue weighted by Crippen LogP contribution is -2.37. The molecular formula is C21H20ClFN4O4. The molecule has 1 aliphatic rings. The maximum absolute atomic E-state index is 14.4. The summed E-state index contributed by atoms with van der Waals surface area (Å²) in [6.07, 6.45) is 1.27. The van der Waals surface area contributed by atoms with Gasteiger partial charge in [-0.3, -0.25) is 9.59 Å². The zero-order valence-electron chi connectivity index (χ0n) is 16.7. The normalized spacial score (nSPS) is 14.5. The number of carbonyl (C=O) groups excluding carboxylic acids is 2. The maximum atomic E-state index is 14.4. The largest absolute Gasteiger partial charge is 0.487 e. The third-order valence-corrected chi connectivity index (χ3v) is 5.01. The number of ether oxygens (including phenoxy) is 1. The standard InChI is InChI=1S/C21H20ClFN4O4/c1-30-27-8-6-16(7-9-27)31-19-5-4-15(11-18(19)23)26-21(29)20(28)25-14-3-2-13(12-24)17(22)10-14/h2-5,10-11,16H,6-9H2,1H3,(H,25,28)(H,26,29). The van der Waals surface area contributed by atoms with Gasteiger partial charge in [-0.15, -0.1) is 0 Å². The first kappa shape index (κ1) is 22.5. The van der Waals surface area contributed by atoms with Crippen molar-refractivity contribution in [2.75, 3.05) is 30.8 Å². The Morgan fingerprint density at radius 1 is 1.13 bits per heavy atom. The van der Waals surface area contributed by atoms with Gasteiger partial charge in [-0.2, -0.15) is 10.3 Å². The molecule has 1 heterocycles. The predicted octanol–water partition coefficient (Wildman–Crippen LogP) is 3.33. The van der Waals surface area contributed by atoms with Crippen LogP contribution in [0.3, 0.4) is 0 Å². The van der Waals surface area contributed by atoms with E-state index < -0.39 is 17.6 Å². The summed E-state index contributed by atoms with van der Waals surface area (Å²) >= 11 is 5.90. The summed E-state index contributed by atoms with van der Waals surface area (Å²) < 4.78 is 20.1. The van der Waals surface area contributed by atoms with Crippen molar-refractivity contribution < 1.29 is 23.6 Å². The summed E-state index contributed by atoms with van der Waals surface area (Å²) in [5, 5.41) is 15.5. The Morgan fingerprint density at radius 2 is 1.74 bits per heavy atom. The fraction of sp³-hybridized carbons (Fsp3) is 0.286. The lowest BCUT2D eigenvalue weighted by Gasteiger charge is -2.30. The molecule has 0 atom stereocenters. The number of anilines is 2. The lowest BCUT2D eigenvalue weighted by molar-refractivity contribution is -0.152. The Hall–Kier alpha value is -3.19. The van der Waals surface area contributed by atoms with Gasteiger partial charge in [0.25, 0.3) is 0 Å². The van der Waals surface area contributed by atoms with Crippen LogP contribution in [0.15, 0.2) is 36.4 Å². The maximum Gasteiger partial charge on any atom is 0.314 e. The van der Waals surface area contributed by atoms with Gasteiger partial charge >= 0.3 is 11.8 Å². The van der Waals surface area contributed by atoms with E-state index in [1.807, 2.05) is 11.1 Å². The van der Waals surface area contributed by atoms with Crippen LogP contribution in [-0.4, -0.2) is 43.2 Å². The summed E-state index contributed by atoms with van der Waals surface area (Å²) in [7, 11) is 1.60. The zero-order chi connectivity index (χ0) is 22.4. The van der Waals surface area contributed by atoms with Crippen LogP contribution in [0.1, 0.15) is 18.4 Å². The van der Waals surface area contributed by atoms with E-state index in [2.05, 4.69) is 10.6 Å². The minimum absolute atomic E-state index is 0.0746. The molecule has 0 aliphatic carbocycles. The SMILES string of the molecule is CON1CCC(Oc2ccc(NC(=O)C(=O)Nc3ccc(C#N)c(Cl)c3)cc2F)CC1. The van der Waals surface area contributed by atoms with Crippen LogP contribution < -0.4 is 15.4 Å². The van der Waals surface area contributed by atoms with Crippen molar-refractivity contribution in [1.29, 1.82) is 5.26 Å². The molecule has 8 nitrogen and oxygen atoms in total. The molecule has 31 heavy (non-hydrogen) atoms. The van der Waals surface area contributed by atoms with E-state index in [4.69, 9.17) is 26.4 Å². The highest BCUT2D eigenvalue weighted by Crippen LogP contribution is 2.25. The quantitative estimate of drug-likeness (QED) is 0.683. The highest BCUT2D eigenvalue weighted by molar-refractivity contribution is 6.43. The number of hydroxylamine groups is 2. The Balaban J connectivity index is 1.56. The van der Waals surface area contributed by atoms with Gasteiger partial charge in [-0.25, -0.2) is 4.39 Å². The van der Waals surface area contributed by atoms with Crippen LogP contribution in [-0.2, 0) is 14.4 Å². The van der Waals surface area contributed by atoms with Crippen molar-refractivity contribution in [1.82, 2.24) is 5.06 Å². The number of hydrogen-bond donors (Lipinski definition) is 2. The van der Waals surface area contributed by atoms with Gasteiger partial charge in [0, 0.05) is 30.5 Å². The topological polar surface area (TPSA) is 104 Å². The fourth-order valence-electron chi connectivity index (χ4n) is 3.05. The highest BCUT2D eigenvalue weighted by atomic mass is 35.5. The van der Waals surface area contributed by atoms with Gasteiger partial charge in [0.1, 0.15) is 12.2 Å². The van der Waals surface area contributed by atoms with Gasteiger partial charge in [0.15, 0.2) is 11.6 Å². The number of carbonyl (C=O) groups is 2. The molecule has 2 aromatic rings. The first-order valence-electron chi connectivity index (χ1n) is 9.47. The van der Waals surface area contributed by atoms with Crippen molar-refractivity contribution in [3.8, 4) is 11.8 Å². The number of piperidine rings is 1. The molecule has 0 bridgehead atoms. The lowest BCUT2D eigenvalue weighted by atomic mass is 10.1. The van der Waals surface area contributed by atoms with Gasteiger partial charge < -0.3 is 20.2 Å². The van der Waals surface area contributed by atoms with Gasteiger partial charge in [-0.05, 0) is 43.2 Å². The fourth-order valence-corrected chi connectivity index (χ4v) is 3.27. The molecule has 0 aromatic heterocycles. The number of hydrogen-bond acceptors (Lipinski definition) is 6. The Kier molecular flexibility index (Phi) is 7.41. The van der Waals surface area contributed by atoms with Gasteiger partial charge in [-0.1, -0.05) is 11.6 Å². The summed E-state index contributed by atoms with van der Waals surface area (Å²) in [6.45, 7) is 1.38. The molecule has 0 spiro atoms. The summed E-state index contributed by atoms with van der Waals surface area (Å²) in [6, 6.07) is 10.1. The average molecular weight is 447 g/mol. The molecule has 2 N–H and O–H groups in total.